The van der Waals surface area contributed by atoms with E-state index in [4.69, 9.17) is 4.74 Å². The fraction of sp³-hybridized carbons (Fsp3) is 0.667. The van der Waals surface area contributed by atoms with Crippen LogP contribution in [-0.4, -0.2) is 58.3 Å². The molecule has 0 bridgehead atoms. The molecule has 0 amide bonds. The molecule has 0 unspecified atom stereocenters. The minimum atomic E-state index is -3.57. The van der Waals surface area contributed by atoms with Crippen molar-refractivity contribution in [1.29, 1.82) is 0 Å². The van der Waals surface area contributed by atoms with Crippen LogP contribution in [0.1, 0.15) is 29.5 Å². The molecule has 25 heavy (non-hydrogen) atoms. The SMILES string of the molecule is COc1cc(C)c(S(=O)(=O)NCCN2CCC[C@@H](CO)C2)c(C)c1C. The number of hydrogen-bond donors (Lipinski definition) is 2. The van der Waals surface area contributed by atoms with Crippen LogP contribution in [0.25, 0.3) is 0 Å². The highest BCUT2D eigenvalue weighted by atomic mass is 32.2. The second-order valence-corrected chi connectivity index (χ2v) is 8.57. The van der Waals surface area contributed by atoms with Crippen LogP contribution in [0.5, 0.6) is 5.75 Å². The van der Waals surface area contributed by atoms with Crippen LogP contribution in [0.2, 0.25) is 0 Å². The van der Waals surface area contributed by atoms with Gasteiger partial charge in [-0.2, -0.15) is 0 Å². The Labute approximate surface area is 151 Å². The second kappa shape index (κ2) is 8.49. The molecule has 2 N–H and O–H groups in total. The fourth-order valence-corrected chi connectivity index (χ4v) is 5.10. The molecule has 1 fully saturated rings. The van der Waals surface area contributed by atoms with Crippen LogP contribution in [0.15, 0.2) is 11.0 Å². The lowest BCUT2D eigenvalue weighted by atomic mass is 9.99. The molecule has 0 aliphatic carbocycles. The molecule has 1 saturated heterocycles. The number of benzene rings is 1. The maximum Gasteiger partial charge on any atom is 0.241 e. The third-order valence-electron chi connectivity index (χ3n) is 5.05. The lowest BCUT2D eigenvalue weighted by Crippen LogP contribution is -2.41. The van der Waals surface area contributed by atoms with Gasteiger partial charge in [0.25, 0.3) is 0 Å². The maximum atomic E-state index is 12.8. The highest BCUT2D eigenvalue weighted by molar-refractivity contribution is 7.89. The van der Waals surface area contributed by atoms with Gasteiger partial charge in [0.1, 0.15) is 5.75 Å². The zero-order valence-electron chi connectivity index (χ0n) is 15.6. The molecule has 142 valence electrons. The number of aliphatic hydroxyl groups is 1. The summed E-state index contributed by atoms with van der Waals surface area (Å²) in [4.78, 5) is 2.56. The lowest BCUT2D eigenvalue weighted by molar-refractivity contribution is 0.122. The molecular formula is C18H30N2O4S. The molecular weight excluding hydrogens is 340 g/mol. The number of piperidine rings is 1. The number of aliphatic hydroxyl groups excluding tert-OH is 1. The minimum Gasteiger partial charge on any atom is -0.496 e. The Morgan fingerprint density at radius 2 is 2.04 bits per heavy atom. The largest absolute Gasteiger partial charge is 0.496 e. The summed E-state index contributed by atoms with van der Waals surface area (Å²) in [5.41, 5.74) is 2.25. The number of nitrogens with one attached hydrogen (secondary N) is 1. The van der Waals surface area contributed by atoms with Gasteiger partial charge in [-0.3, -0.25) is 0 Å². The van der Waals surface area contributed by atoms with E-state index >= 15 is 0 Å². The molecule has 1 atom stereocenters. The average molecular weight is 371 g/mol. The van der Waals surface area contributed by atoms with E-state index in [1.54, 1.807) is 20.1 Å². The highest BCUT2D eigenvalue weighted by Gasteiger charge is 2.23. The van der Waals surface area contributed by atoms with Crippen LogP contribution < -0.4 is 9.46 Å². The lowest BCUT2D eigenvalue weighted by Gasteiger charge is -2.31. The number of hydrogen-bond acceptors (Lipinski definition) is 5. The quantitative estimate of drug-likeness (QED) is 0.762. The first kappa shape index (κ1) is 20.2. The molecule has 0 aromatic heterocycles. The van der Waals surface area contributed by atoms with E-state index in [0.29, 0.717) is 35.2 Å². The Morgan fingerprint density at radius 1 is 1.32 bits per heavy atom. The van der Waals surface area contributed by atoms with Crippen LogP contribution in [0.4, 0.5) is 0 Å². The Morgan fingerprint density at radius 3 is 2.68 bits per heavy atom. The summed E-state index contributed by atoms with van der Waals surface area (Å²) in [5, 5.41) is 9.29. The number of sulfonamides is 1. The topological polar surface area (TPSA) is 78.9 Å². The molecule has 1 aromatic carbocycles. The average Bonchev–Trinajstić information content (AvgIpc) is 2.58. The standard InChI is InChI=1S/C18H30N2O4S/c1-13-10-17(24-4)14(2)15(3)18(13)25(22,23)19-7-9-20-8-5-6-16(11-20)12-21/h10,16,19,21H,5-9,11-12H2,1-4H3/t16-/m1/s1. The summed E-state index contributed by atoms with van der Waals surface area (Å²) in [6, 6.07) is 1.77. The maximum absolute atomic E-state index is 12.8. The van der Waals surface area contributed by atoms with Crippen LogP contribution >= 0.6 is 0 Å². The van der Waals surface area contributed by atoms with E-state index in [1.165, 1.54) is 0 Å². The van der Waals surface area contributed by atoms with Crippen molar-refractivity contribution in [3.05, 3.63) is 22.8 Å². The predicted octanol–water partition coefficient (Wildman–Crippen LogP) is 1.60. The first-order valence-corrected chi connectivity index (χ1v) is 10.3. The number of ether oxygens (including phenoxy) is 1. The predicted molar refractivity (Wildman–Crippen MR) is 98.6 cm³/mol. The molecule has 1 aliphatic rings. The van der Waals surface area contributed by atoms with Crippen molar-refractivity contribution in [3.63, 3.8) is 0 Å². The van der Waals surface area contributed by atoms with Gasteiger partial charge in [-0.25, -0.2) is 13.1 Å². The molecule has 2 rings (SSSR count). The van der Waals surface area contributed by atoms with Gasteiger partial charge >= 0.3 is 0 Å². The normalized spacial score (nSPS) is 19.2. The molecule has 6 nitrogen and oxygen atoms in total. The van der Waals surface area contributed by atoms with Crippen molar-refractivity contribution in [2.45, 2.75) is 38.5 Å². The van der Waals surface area contributed by atoms with Crippen LogP contribution in [-0.2, 0) is 10.0 Å². The zero-order chi connectivity index (χ0) is 18.6. The molecule has 7 heteroatoms. The Bertz CT molecular complexity index is 704. The second-order valence-electron chi connectivity index (χ2n) is 6.86. The van der Waals surface area contributed by atoms with E-state index in [-0.39, 0.29) is 6.61 Å². The van der Waals surface area contributed by atoms with Gasteiger partial charge in [-0.1, -0.05) is 0 Å². The van der Waals surface area contributed by atoms with E-state index in [2.05, 4.69) is 9.62 Å². The number of rotatable bonds is 7. The number of methoxy groups -OCH3 is 1. The monoisotopic (exact) mass is 370 g/mol. The first-order valence-electron chi connectivity index (χ1n) is 8.77. The minimum absolute atomic E-state index is 0.200. The van der Waals surface area contributed by atoms with Crippen molar-refractivity contribution >= 4 is 10.0 Å². The van der Waals surface area contributed by atoms with Crippen LogP contribution in [0.3, 0.4) is 0 Å². The summed E-state index contributed by atoms with van der Waals surface area (Å²) >= 11 is 0. The zero-order valence-corrected chi connectivity index (χ0v) is 16.4. The molecule has 0 radical (unpaired) electrons. The summed E-state index contributed by atoms with van der Waals surface area (Å²) in [5.74, 6) is 1.01. The summed E-state index contributed by atoms with van der Waals surface area (Å²) < 4.78 is 33.6. The fourth-order valence-electron chi connectivity index (χ4n) is 3.56. The van der Waals surface area contributed by atoms with Gasteiger partial charge in [0.05, 0.1) is 12.0 Å². The Kier molecular flexibility index (Phi) is 6.85. The van der Waals surface area contributed by atoms with E-state index in [1.807, 2.05) is 13.8 Å². The third-order valence-corrected chi connectivity index (χ3v) is 6.80. The molecule has 1 heterocycles. The van der Waals surface area contributed by atoms with Crippen molar-refractivity contribution in [1.82, 2.24) is 9.62 Å². The van der Waals surface area contributed by atoms with Gasteiger partial charge in [0.15, 0.2) is 0 Å². The van der Waals surface area contributed by atoms with E-state index in [0.717, 1.165) is 37.1 Å². The van der Waals surface area contributed by atoms with Crippen molar-refractivity contribution in [2.24, 2.45) is 5.92 Å². The van der Waals surface area contributed by atoms with Gasteiger partial charge < -0.3 is 14.7 Å². The molecule has 0 spiro atoms. The van der Waals surface area contributed by atoms with Gasteiger partial charge in [-0.15, -0.1) is 0 Å². The summed E-state index contributed by atoms with van der Waals surface area (Å²) in [6.45, 7) is 8.49. The van der Waals surface area contributed by atoms with Crippen molar-refractivity contribution in [2.75, 3.05) is 39.9 Å². The van der Waals surface area contributed by atoms with Crippen molar-refractivity contribution < 1.29 is 18.3 Å². The summed E-state index contributed by atoms with van der Waals surface area (Å²) in [6.07, 6.45) is 2.09. The molecule has 0 saturated carbocycles. The molecule has 1 aliphatic heterocycles. The van der Waals surface area contributed by atoms with Gasteiger partial charge in [0.2, 0.25) is 10.0 Å². The highest BCUT2D eigenvalue weighted by Crippen LogP contribution is 2.30. The number of likely N-dealkylation sites (tertiary alicyclic amines) is 1. The van der Waals surface area contributed by atoms with E-state index < -0.39 is 10.0 Å². The van der Waals surface area contributed by atoms with Crippen LogP contribution in [0, 0.1) is 26.7 Å². The molecule has 1 aromatic rings. The van der Waals surface area contributed by atoms with E-state index in [9.17, 15) is 13.5 Å². The third kappa shape index (κ3) is 4.73. The smallest absolute Gasteiger partial charge is 0.241 e. The summed E-state index contributed by atoms with van der Waals surface area (Å²) in [7, 11) is -1.98. The Balaban J connectivity index is 2.06. The first-order chi connectivity index (χ1) is 11.8. The number of nitrogens with zero attached hydrogens (tertiary/aromatic N) is 1. The Hall–Kier alpha value is -1.15. The van der Waals surface area contributed by atoms with Crippen molar-refractivity contribution in [3.8, 4) is 5.75 Å². The number of aryl methyl sites for hydroxylation is 1. The van der Waals surface area contributed by atoms with Gasteiger partial charge in [-0.05, 0) is 68.8 Å². The van der Waals surface area contributed by atoms with Gasteiger partial charge in [0, 0.05) is 26.2 Å².